The van der Waals surface area contributed by atoms with Crippen molar-refractivity contribution in [3.63, 3.8) is 0 Å². The molecule has 0 radical (unpaired) electrons. The van der Waals surface area contributed by atoms with Gasteiger partial charge in [-0.2, -0.15) is 0 Å². The van der Waals surface area contributed by atoms with Gasteiger partial charge < -0.3 is 4.90 Å². The number of aromatic nitrogens is 3. The molecule has 1 atom stereocenters. The van der Waals surface area contributed by atoms with Gasteiger partial charge in [0.2, 0.25) is 5.91 Å². The molecule has 0 spiro atoms. The number of nitrogens with zero attached hydrogens (tertiary/aromatic N) is 5. The Balaban J connectivity index is 1.37. The summed E-state index contributed by atoms with van der Waals surface area (Å²) in [7, 11) is 0. The SMILES string of the molecule is O=C1C(N2CC(n3ccnn3)C2)CCN1C1CC1. The van der Waals surface area contributed by atoms with E-state index < -0.39 is 0 Å². The molecule has 1 aromatic rings. The van der Waals surface area contributed by atoms with Gasteiger partial charge in [0.25, 0.3) is 0 Å². The molecule has 0 N–H and O–H groups in total. The molecule has 1 saturated carbocycles. The Labute approximate surface area is 106 Å². The molecule has 3 aliphatic rings. The average Bonchev–Trinajstić information content (AvgIpc) is 2.87. The van der Waals surface area contributed by atoms with Crippen LogP contribution in [-0.4, -0.2) is 62.4 Å². The molecule has 6 nitrogen and oxygen atoms in total. The van der Waals surface area contributed by atoms with Gasteiger partial charge in [-0.3, -0.25) is 9.69 Å². The standard InChI is InChI=1S/C12H17N5O/c18-12-11(3-5-16(12)9-1-2-9)15-7-10(8-15)17-6-4-13-14-17/h4,6,9-11H,1-3,5,7-8H2. The summed E-state index contributed by atoms with van der Waals surface area (Å²) in [5.41, 5.74) is 0. The number of likely N-dealkylation sites (tertiary alicyclic amines) is 2. The minimum atomic E-state index is 0.130. The predicted octanol–water partition coefficient (Wildman–Crippen LogP) is -0.102. The van der Waals surface area contributed by atoms with Crippen molar-refractivity contribution in [3.05, 3.63) is 12.4 Å². The van der Waals surface area contributed by atoms with Crippen LogP contribution in [0.5, 0.6) is 0 Å². The van der Waals surface area contributed by atoms with E-state index in [4.69, 9.17) is 0 Å². The first-order chi connectivity index (χ1) is 8.83. The monoisotopic (exact) mass is 247 g/mol. The maximum Gasteiger partial charge on any atom is 0.240 e. The van der Waals surface area contributed by atoms with Crippen molar-refractivity contribution in [2.24, 2.45) is 0 Å². The highest BCUT2D eigenvalue weighted by molar-refractivity contribution is 5.84. The van der Waals surface area contributed by atoms with Crippen molar-refractivity contribution >= 4 is 5.91 Å². The summed E-state index contributed by atoms with van der Waals surface area (Å²) in [5.74, 6) is 0.356. The fourth-order valence-electron chi connectivity index (χ4n) is 3.10. The Morgan fingerprint density at radius 3 is 2.67 bits per heavy atom. The van der Waals surface area contributed by atoms with Crippen molar-refractivity contribution < 1.29 is 4.79 Å². The largest absolute Gasteiger partial charge is 0.338 e. The lowest BCUT2D eigenvalue weighted by Crippen LogP contribution is -2.55. The lowest BCUT2D eigenvalue weighted by Gasteiger charge is -2.41. The van der Waals surface area contributed by atoms with Gasteiger partial charge in [-0.25, -0.2) is 4.68 Å². The molecule has 4 rings (SSSR count). The van der Waals surface area contributed by atoms with Gasteiger partial charge in [0.05, 0.1) is 18.3 Å². The number of hydrogen-bond donors (Lipinski definition) is 0. The van der Waals surface area contributed by atoms with Gasteiger partial charge in [0, 0.05) is 31.9 Å². The molecular formula is C12H17N5O. The fraction of sp³-hybridized carbons (Fsp3) is 0.750. The van der Waals surface area contributed by atoms with Gasteiger partial charge in [-0.15, -0.1) is 5.10 Å². The normalized spacial score (nSPS) is 29.9. The molecule has 6 heteroatoms. The zero-order chi connectivity index (χ0) is 12.1. The molecule has 1 amide bonds. The first kappa shape index (κ1) is 10.5. The highest BCUT2D eigenvalue weighted by atomic mass is 16.2. The van der Waals surface area contributed by atoms with Crippen molar-refractivity contribution in [1.82, 2.24) is 24.8 Å². The number of hydrogen-bond acceptors (Lipinski definition) is 4. The summed E-state index contributed by atoms with van der Waals surface area (Å²) in [5, 5.41) is 7.84. The molecular weight excluding hydrogens is 230 g/mol. The summed E-state index contributed by atoms with van der Waals surface area (Å²) in [4.78, 5) is 16.6. The quantitative estimate of drug-likeness (QED) is 0.748. The third-order valence-corrected chi connectivity index (χ3v) is 4.35. The Morgan fingerprint density at radius 1 is 1.17 bits per heavy atom. The van der Waals surface area contributed by atoms with Crippen LogP contribution in [0.3, 0.4) is 0 Å². The van der Waals surface area contributed by atoms with E-state index >= 15 is 0 Å². The van der Waals surface area contributed by atoms with Crippen molar-refractivity contribution in [2.75, 3.05) is 19.6 Å². The molecule has 2 saturated heterocycles. The Kier molecular flexibility index (Phi) is 2.20. The number of amides is 1. The molecule has 1 unspecified atom stereocenters. The van der Waals surface area contributed by atoms with Crippen LogP contribution in [0.4, 0.5) is 0 Å². The second-order valence-corrected chi connectivity index (χ2v) is 5.56. The minimum Gasteiger partial charge on any atom is -0.338 e. The third-order valence-electron chi connectivity index (χ3n) is 4.35. The van der Waals surface area contributed by atoms with Crippen LogP contribution in [0, 0.1) is 0 Å². The highest BCUT2D eigenvalue weighted by Crippen LogP contribution is 2.34. The molecule has 3 heterocycles. The van der Waals surface area contributed by atoms with E-state index in [2.05, 4.69) is 20.1 Å². The smallest absolute Gasteiger partial charge is 0.240 e. The van der Waals surface area contributed by atoms with E-state index in [0.717, 1.165) is 26.1 Å². The molecule has 0 aromatic carbocycles. The molecule has 1 aromatic heterocycles. The van der Waals surface area contributed by atoms with Gasteiger partial charge in [0.15, 0.2) is 0 Å². The van der Waals surface area contributed by atoms with Crippen molar-refractivity contribution in [1.29, 1.82) is 0 Å². The maximum atomic E-state index is 12.3. The summed E-state index contributed by atoms with van der Waals surface area (Å²) < 4.78 is 1.90. The molecule has 2 aliphatic heterocycles. The van der Waals surface area contributed by atoms with Gasteiger partial charge >= 0.3 is 0 Å². The van der Waals surface area contributed by atoms with Crippen LogP contribution in [-0.2, 0) is 4.79 Å². The summed E-state index contributed by atoms with van der Waals surface area (Å²) in [6.07, 6.45) is 7.02. The Morgan fingerprint density at radius 2 is 2.00 bits per heavy atom. The molecule has 3 fully saturated rings. The van der Waals surface area contributed by atoms with Crippen LogP contribution < -0.4 is 0 Å². The van der Waals surface area contributed by atoms with E-state index in [1.807, 2.05) is 10.9 Å². The van der Waals surface area contributed by atoms with E-state index in [0.29, 0.717) is 18.0 Å². The van der Waals surface area contributed by atoms with Crippen LogP contribution in [0.15, 0.2) is 12.4 Å². The van der Waals surface area contributed by atoms with Crippen LogP contribution in [0.1, 0.15) is 25.3 Å². The van der Waals surface area contributed by atoms with E-state index in [1.54, 1.807) is 6.20 Å². The summed E-state index contributed by atoms with van der Waals surface area (Å²) in [6.45, 7) is 2.81. The molecule has 96 valence electrons. The second kappa shape index (κ2) is 3.78. The van der Waals surface area contributed by atoms with Crippen LogP contribution in [0.2, 0.25) is 0 Å². The van der Waals surface area contributed by atoms with Crippen molar-refractivity contribution in [3.8, 4) is 0 Å². The van der Waals surface area contributed by atoms with Gasteiger partial charge in [0.1, 0.15) is 0 Å². The molecule has 18 heavy (non-hydrogen) atoms. The third kappa shape index (κ3) is 1.55. The Bertz CT molecular complexity index is 449. The maximum absolute atomic E-state index is 12.3. The molecule has 1 aliphatic carbocycles. The summed E-state index contributed by atoms with van der Waals surface area (Å²) in [6, 6.07) is 1.09. The van der Waals surface area contributed by atoms with Gasteiger partial charge in [-0.05, 0) is 19.3 Å². The highest BCUT2D eigenvalue weighted by Gasteiger charge is 2.46. The van der Waals surface area contributed by atoms with E-state index in [-0.39, 0.29) is 6.04 Å². The lowest BCUT2D eigenvalue weighted by atomic mass is 10.0. The minimum absolute atomic E-state index is 0.130. The van der Waals surface area contributed by atoms with E-state index in [1.165, 1.54) is 12.8 Å². The number of carbonyl (C=O) groups excluding carboxylic acids is 1. The second-order valence-electron chi connectivity index (χ2n) is 5.56. The average molecular weight is 247 g/mol. The number of carbonyl (C=O) groups is 1. The molecule has 0 bridgehead atoms. The van der Waals surface area contributed by atoms with Crippen molar-refractivity contribution in [2.45, 2.75) is 37.4 Å². The zero-order valence-corrected chi connectivity index (χ0v) is 10.3. The fourth-order valence-corrected chi connectivity index (χ4v) is 3.10. The topological polar surface area (TPSA) is 54.3 Å². The van der Waals surface area contributed by atoms with Crippen LogP contribution >= 0.6 is 0 Å². The van der Waals surface area contributed by atoms with E-state index in [9.17, 15) is 4.79 Å². The predicted molar refractivity (Wildman–Crippen MR) is 63.8 cm³/mol. The first-order valence-corrected chi connectivity index (χ1v) is 6.73. The zero-order valence-electron chi connectivity index (χ0n) is 10.3. The lowest BCUT2D eigenvalue weighted by molar-refractivity contribution is -0.134. The number of rotatable bonds is 3. The van der Waals surface area contributed by atoms with Crippen LogP contribution in [0.25, 0.3) is 0 Å². The first-order valence-electron chi connectivity index (χ1n) is 6.73. The summed E-state index contributed by atoms with van der Waals surface area (Å²) >= 11 is 0. The van der Waals surface area contributed by atoms with Gasteiger partial charge in [-0.1, -0.05) is 5.21 Å². The Hall–Kier alpha value is -1.43.